The van der Waals surface area contributed by atoms with Crippen LogP contribution in [0.3, 0.4) is 0 Å². The number of hydrogen-bond donors (Lipinski definition) is 0. The first kappa shape index (κ1) is 22.9. The Labute approximate surface area is 180 Å². The average Bonchev–Trinajstić information content (AvgIpc) is 2.38. The molecule has 0 fully saturated rings. The van der Waals surface area contributed by atoms with Crippen LogP contribution >= 0.6 is 0 Å². The van der Waals surface area contributed by atoms with Gasteiger partial charge in [0.2, 0.25) is 0 Å². The van der Waals surface area contributed by atoms with E-state index < -0.39 is 10.4 Å². The number of rotatable bonds is 4. The van der Waals surface area contributed by atoms with Crippen molar-refractivity contribution >= 4 is 10.4 Å². The summed E-state index contributed by atoms with van der Waals surface area (Å²) < 4.78 is 35.9. The zero-order valence-corrected chi connectivity index (χ0v) is 18.4. The molecular weight excluding hydrogens is 350 g/mol. The summed E-state index contributed by atoms with van der Waals surface area (Å²) in [5.74, 6) is -0.0848. The van der Waals surface area contributed by atoms with Crippen molar-refractivity contribution in [3.8, 4) is 11.5 Å². The molecule has 0 radical (unpaired) electrons. The van der Waals surface area contributed by atoms with E-state index in [1.165, 1.54) is 24.3 Å². The zero-order chi connectivity index (χ0) is 15.7. The third kappa shape index (κ3) is 6.40. The van der Waals surface area contributed by atoms with Crippen LogP contribution in [-0.4, -0.2) is 13.0 Å². The van der Waals surface area contributed by atoms with Crippen LogP contribution in [0.4, 0.5) is 0 Å². The smallest absolute Gasteiger partial charge is 0.872 e. The van der Waals surface area contributed by atoms with Gasteiger partial charge in [0.25, 0.3) is 10.4 Å². The van der Waals surface area contributed by atoms with Crippen LogP contribution in [0.2, 0.25) is 0 Å². The van der Waals surface area contributed by atoms with Crippen molar-refractivity contribution in [1.29, 1.82) is 0 Å². The summed E-state index contributed by atoms with van der Waals surface area (Å²) >= 11 is 0. The molecule has 2 aromatic rings. The van der Waals surface area contributed by atoms with Crippen LogP contribution in [0.25, 0.3) is 0 Å². The Morgan fingerprint density at radius 1 is 0.870 bits per heavy atom. The van der Waals surface area contributed by atoms with Gasteiger partial charge in [-0.2, -0.15) is 0 Å². The van der Waals surface area contributed by atoms with E-state index in [9.17, 15) is 18.1 Å². The summed E-state index contributed by atoms with van der Waals surface area (Å²) in [4.78, 5) is 0. The normalized spacial score (nSPS) is 11.1. The first-order chi connectivity index (χ1) is 9.68. The second-order valence-electron chi connectivity index (χ2n) is 5.17. The zero-order valence-electron chi connectivity index (χ0n) is 13.6. The molecule has 0 amide bonds. The predicted octanol–water partition coefficient (Wildman–Crippen LogP) is -4.07. The van der Waals surface area contributed by atoms with E-state index in [1.54, 1.807) is 24.3 Å². The molecule has 0 saturated heterocycles. The molecule has 112 valence electrons. The van der Waals surface area contributed by atoms with Crippen molar-refractivity contribution in [1.82, 2.24) is 0 Å². The molecule has 0 aliphatic carbocycles. The molecule has 0 heterocycles. The molecule has 5 nitrogen and oxygen atoms in total. The molecule has 0 atom stereocenters. The van der Waals surface area contributed by atoms with Gasteiger partial charge >= 0.3 is 59.1 Å². The van der Waals surface area contributed by atoms with E-state index in [4.69, 9.17) is 0 Å². The third-order valence-electron chi connectivity index (χ3n) is 3.35. The van der Waals surface area contributed by atoms with E-state index >= 15 is 0 Å². The Morgan fingerprint density at radius 2 is 1.26 bits per heavy atom. The summed E-state index contributed by atoms with van der Waals surface area (Å²) in [7, 11) is -4.77. The van der Waals surface area contributed by atoms with E-state index in [-0.39, 0.29) is 76.0 Å². The molecule has 0 unspecified atom stereocenters. The van der Waals surface area contributed by atoms with Crippen LogP contribution in [-0.2, 0) is 15.8 Å². The maximum absolute atomic E-state index is 11.2. The molecule has 2 rings (SSSR count). The van der Waals surface area contributed by atoms with E-state index in [1.807, 2.05) is 13.8 Å². The first-order valence-electron chi connectivity index (χ1n) is 6.22. The fraction of sp³-hybridized carbons (Fsp3) is 0.200. The van der Waals surface area contributed by atoms with Gasteiger partial charge in [-0.3, -0.25) is 0 Å². The van der Waals surface area contributed by atoms with Gasteiger partial charge in [0.05, 0.1) is 0 Å². The monoisotopic (exact) mass is 364 g/mol. The SMILES string of the molecule is CC(C)([13c]1[13cH][13cH][13c]([O-])[13cH][13cH]1)[13c]1[13cH][13cH][13c](OS(=O)(=O)[O-])[13cH][13cH]1.[Na+].[Na+]. The molecule has 0 N–H and O–H groups in total. The number of hydrogen-bond acceptors (Lipinski definition) is 5. The largest absolute Gasteiger partial charge is 1.00 e. The molecule has 0 bridgehead atoms. The minimum atomic E-state index is -4.77. The van der Waals surface area contributed by atoms with Crippen molar-refractivity contribution in [3.63, 3.8) is 0 Å². The summed E-state index contributed by atoms with van der Waals surface area (Å²) in [5.41, 5.74) is 1.48. The van der Waals surface area contributed by atoms with E-state index in [2.05, 4.69) is 4.18 Å². The van der Waals surface area contributed by atoms with Crippen LogP contribution < -0.4 is 68.4 Å². The van der Waals surface area contributed by atoms with Crippen LogP contribution in [0.5, 0.6) is 11.5 Å². The summed E-state index contributed by atoms with van der Waals surface area (Å²) in [6.45, 7) is 3.96. The van der Waals surface area contributed by atoms with Gasteiger partial charge in [-0.15, -0.1) is 5.75 Å². The summed E-state index contributed by atoms with van der Waals surface area (Å²) in [6.07, 6.45) is 0. The van der Waals surface area contributed by atoms with Gasteiger partial charge < -0.3 is 13.8 Å². The molecular formula is C15H14Na2O5S. The molecule has 8 heteroatoms. The Balaban J connectivity index is 0.00000242. The van der Waals surface area contributed by atoms with E-state index in [0.717, 1.165) is 11.1 Å². The fourth-order valence-corrected chi connectivity index (χ4v) is 2.43. The fourth-order valence-electron chi connectivity index (χ4n) is 2.08. The minimum absolute atomic E-state index is 0. The van der Waals surface area contributed by atoms with Crippen molar-refractivity contribution in [2.75, 3.05) is 0 Å². The van der Waals surface area contributed by atoms with Gasteiger partial charge in [0.15, 0.2) is 0 Å². The van der Waals surface area contributed by atoms with Gasteiger partial charge in [0, 0.05) is 5.41 Å². The van der Waals surface area contributed by atoms with Crippen molar-refractivity contribution in [3.05, 3.63) is 59.7 Å². The Morgan fingerprint density at radius 3 is 1.65 bits per heavy atom. The average molecular weight is 364 g/mol. The topological polar surface area (TPSA) is 89.5 Å². The Hall–Kier alpha value is -0.0500. The van der Waals surface area contributed by atoms with Gasteiger partial charge in [-0.25, -0.2) is 8.42 Å². The van der Waals surface area contributed by atoms with Crippen molar-refractivity contribution < 1.29 is 81.4 Å². The van der Waals surface area contributed by atoms with Gasteiger partial charge in [-0.05, 0) is 23.3 Å². The Bertz CT molecular complexity index is 725. The maximum atomic E-state index is 11.2. The molecule has 0 aliphatic rings. The summed E-state index contributed by atoms with van der Waals surface area (Å²) in [5, 5.41) is 11.2. The van der Waals surface area contributed by atoms with Crippen LogP contribution in [0.1, 0.15) is 25.0 Å². The van der Waals surface area contributed by atoms with Gasteiger partial charge in [0.1, 0.15) is 5.75 Å². The van der Waals surface area contributed by atoms with Gasteiger partial charge in [-0.1, -0.05) is 50.2 Å². The predicted molar refractivity (Wildman–Crippen MR) is 74.8 cm³/mol. The number of benzene rings is 2. The minimum Gasteiger partial charge on any atom is -0.872 e. The second-order valence-corrected chi connectivity index (χ2v) is 6.15. The van der Waals surface area contributed by atoms with Crippen molar-refractivity contribution in [2.45, 2.75) is 19.3 Å². The summed E-state index contributed by atoms with van der Waals surface area (Å²) in [6, 6.07) is 12.7. The molecule has 23 heavy (non-hydrogen) atoms. The third-order valence-corrected chi connectivity index (χ3v) is 3.75. The first-order valence-corrected chi connectivity index (χ1v) is 7.55. The van der Waals surface area contributed by atoms with Crippen LogP contribution in [0, 0.1) is 0 Å². The quantitative estimate of drug-likeness (QED) is 0.313. The standard InChI is InChI=1S/C15H16O5S.2Na/c1-15(2,11-3-7-13(16)8-4-11)12-5-9-14(10-6-12)20-21(17,18)19;;/h3-10,16H,1-2H3,(H,17,18,19);;/q;2*+1/p-2/i3+1,4+1,5+1,6+1,7+1,8+1,9+1,10+1,11+1,12+1,13+1,14+1;;. The maximum Gasteiger partial charge on any atom is 1.00 e. The van der Waals surface area contributed by atoms with Crippen LogP contribution in [0.15, 0.2) is 48.5 Å². The van der Waals surface area contributed by atoms with Crippen molar-refractivity contribution in [2.24, 2.45) is 0 Å². The second kappa shape index (κ2) is 8.87. The molecule has 0 aliphatic heterocycles. The molecule has 0 saturated carbocycles. The van der Waals surface area contributed by atoms with E-state index in [0.29, 0.717) is 0 Å². The molecule has 0 spiro atoms. The molecule has 0 aromatic heterocycles. The molecule has 2 aromatic carbocycles. The Kier molecular flexibility index (Phi) is 8.85.